The first kappa shape index (κ1) is 9.11. The molecule has 1 nitrogen and oxygen atoms in total. The van der Waals surface area contributed by atoms with Gasteiger partial charge in [0.05, 0.1) is 0 Å². The van der Waals surface area contributed by atoms with Crippen LogP contribution in [0.1, 0.15) is 19.8 Å². The van der Waals surface area contributed by atoms with E-state index in [0.29, 0.717) is 13.0 Å². The highest BCUT2D eigenvalue weighted by Crippen LogP contribution is 2.17. The molecule has 0 heterocycles. The van der Waals surface area contributed by atoms with Crippen LogP contribution >= 0.6 is 11.8 Å². The van der Waals surface area contributed by atoms with Crippen molar-refractivity contribution in [3.8, 4) is 0 Å². The summed E-state index contributed by atoms with van der Waals surface area (Å²) < 4.78 is 23.9. The Morgan fingerprint density at radius 3 is 2.44 bits per heavy atom. The zero-order valence-corrected chi connectivity index (χ0v) is 6.01. The lowest BCUT2D eigenvalue weighted by Crippen LogP contribution is -2.12. The number of hydrogen-bond donors (Lipinski definition) is 1. The molecule has 0 aromatic carbocycles. The van der Waals surface area contributed by atoms with Gasteiger partial charge in [0, 0.05) is 13.0 Å². The van der Waals surface area contributed by atoms with E-state index in [-0.39, 0.29) is 6.42 Å². The highest BCUT2D eigenvalue weighted by molar-refractivity contribution is 6.13. The van der Waals surface area contributed by atoms with Crippen LogP contribution in [0.2, 0.25) is 0 Å². The van der Waals surface area contributed by atoms with Crippen molar-refractivity contribution in [3.05, 3.63) is 0 Å². The highest BCUT2D eigenvalue weighted by atomic mass is 35.5. The Morgan fingerprint density at radius 2 is 2.11 bits per heavy atom. The summed E-state index contributed by atoms with van der Waals surface area (Å²) in [5.41, 5.74) is 0. The van der Waals surface area contributed by atoms with Gasteiger partial charge in [0.2, 0.25) is 5.92 Å². The van der Waals surface area contributed by atoms with Gasteiger partial charge in [-0.05, 0) is 25.1 Å². The maximum absolute atomic E-state index is 12.0. The number of hydrogen-bond acceptors (Lipinski definition) is 1. The minimum atomic E-state index is -2.55. The lowest BCUT2D eigenvalue weighted by atomic mass is 10.2. The Morgan fingerprint density at radius 1 is 1.56 bits per heavy atom. The van der Waals surface area contributed by atoms with Crippen molar-refractivity contribution in [2.24, 2.45) is 0 Å². The van der Waals surface area contributed by atoms with Crippen LogP contribution in [-0.2, 0) is 0 Å². The van der Waals surface area contributed by atoms with E-state index in [1.807, 2.05) is 0 Å². The zero-order chi connectivity index (χ0) is 7.33. The molecule has 0 spiro atoms. The molecular formula is C5H10ClF2N. The molecule has 0 aliphatic carbocycles. The maximum Gasteiger partial charge on any atom is 0.245 e. The van der Waals surface area contributed by atoms with Crippen molar-refractivity contribution in [1.82, 2.24) is 4.84 Å². The molecule has 0 aliphatic heterocycles. The van der Waals surface area contributed by atoms with Crippen molar-refractivity contribution in [3.63, 3.8) is 0 Å². The molecule has 0 saturated heterocycles. The van der Waals surface area contributed by atoms with Crippen LogP contribution < -0.4 is 4.84 Å². The maximum atomic E-state index is 12.0. The van der Waals surface area contributed by atoms with E-state index in [2.05, 4.69) is 4.84 Å². The van der Waals surface area contributed by atoms with Crippen molar-refractivity contribution in [2.45, 2.75) is 25.7 Å². The van der Waals surface area contributed by atoms with Crippen LogP contribution in [0.15, 0.2) is 0 Å². The molecule has 0 rings (SSSR count). The first-order valence-electron chi connectivity index (χ1n) is 2.77. The second-order valence-corrected chi connectivity index (χ2v) is 2.32. The summed E-state index contributed by atoms with van der Waals surface area (Å²) in [7, 11) is 0. The molecule has 0 bridgehead atoms. The summed E-state index contributed by atoms with van der Waals surface area (Å²) in [6.45, 7) is 1.34. The molecule has 0 saturated carbocycles. The average molecular weight is 158 g/mol. The van der Waals surface area contributed by atoms with E-state index in [9.17, 15) is 8.78 Å². The van der Waals surface area contributed by atoms with Crippen molar-refractivity contribution >= 4 is 11.8 Å². The smallest absolute Gasteiger partial charge is 0.234 e. The second-order valence-electron chi connectivity index (χ2n) is 2.06. The van der Waals surface area contributed by atoms with Gasteiger partial charge >= 0.3 is 0 Å². The fraction of sp³-hybridized carbons (Fsp3) is 1.00. The summed E-state index contributed by atoms with van der Waals surface area (Å²) in [5, 5.41) is 0. The third-order valence-electron chi connectivity index (χ3n) is 0.887. The summed E-state index contributed by atoms with van der Waals surface area (Å²) in [4.78, 5) is 2.28. The van der Waals surface area contributed by atoms with E-state index >= 15 is 0 Å². The molecule has 9 heavy (non-hydrogen) atoms. The van der Waals surface area contributed by atoms with Crippen LogP contribution in [-0.4, -0.2) is 12.5 Å². The minimum Gasteiger partial charge on any atom is -0.234 e. The van der Waals surface area contributed by atoms with Crippen LogP contribution in [0.3, 0.4) is 0 Å². The van der Waals surface area contributed by atoms with E-state index < -0.39 is 5.92 Å². The molecule has 0 aliphatic rings. The van der Waals surface area contributed by atoms with Gasteiger partial charge in [-0.1, -0.05) is 0 Å². The Kier molecular flexibility index (Phi) is 4.06. The predicted molar refractivity (Wildman–Crippen MR) is 33.7 cm³/mol. The molecule has 1 N–H and O–H groups in total. The van der Waals surface area contributed by atoms with Gasteiger partial charge < -0.3 is 0 Å². The Hall–Kier alpha value is 0.110. The molecule has 56 valence electrons. The van der Waals surface area contributed by atoms with Crippen molar-refractivity contribution in [2.75, 3.05) is 6.54 Å². The van der Waals surface area contributed by atoms with Crippen molar-refractivity contribution < 1.29 is 8.78 Å². The third-order valence-corrected chi connectivity index (χ3v) is 1.08. The second kappa shape index (κ2) is 4.01. The van der Waals surface area contributed by atoms with E-state index in [0.717, 1.165) is 6.92 Å². The molecule has 0 atom stereocenters. The number of halogens is 3. The van der Waals surface area contributed by atoms with Gasteiger partial charge in [0.1, 0.15) is 0 Å². The summed E-state index contributed by atoms with van der Waals surface area (Å²) >= 11 is 5.04. The highest BCUT2D eigenvalue weighted by Gasteiger charge is 2.19. The topological polar surface area (TPSA) is 12.0 Å². The number of rotatable bonds is 4. The summed E-state index contributed by atoms with van der Waals surface area (Å²) in [6, 6.07) is 0. The van der Waals surface area contributed by atoms with Crippen LogP contribution in [0.25, 0.3) is 0 Å². The van der Waals surface area contributed by atoms with E-state index in [1.165, 1.54) is 0 Å². The molecular weight excluding hydrogens is 148 g/mol. The molecule has 0 radical (unpaired) electrons. The first-order chi connectivity index (χ1) is 4.06. The zero-order valence-electron chi connectivity index (χ0n) is 5.26. The van der Waals surface area contributed by atoms with Gasteiger partial charge in [-0.25, -0.2) is 13.6 Å². The Labute approximate surface area is 58.5 Å². The molecule has 0 aromatic heterocycles. The molecule has 0 fully saturated rings. The average Bonchev–Trinajstić information content (AvgIpc) is 1.63. The predicted octanol–water partition coefficient (Wildman–Crippen LogP) is 2.17. The molecule has 0 amide bonds. The van der Waals surface area contributed by atoms with Crippen molar-refractivity contribution in [1.29, 1.82) is 0 Å². The van der Waals surface area contributed by atoms with Gasteiger partial charge in [0.15, 0.2) is 0 Å². The Bertz CT molecular complexity index is 71.8. The number of nitrogens with one attached hydrogen (secondary N) is 1. The normalized spacial score (nSPS) is 12.0. The fourth-order valence-corrected chi connectivity index (χ4v) is 0.599. The third kappa shape index (κ3) is 8.11. The summed E-state index contributed by atoms with van der Waals surface area (Å²) in [5.74, 6) is -2.55. The monoisotopic (exact) mass is 157 g/mol. The largest absolute Gasteiger partial charge is 0.245 e. The van der Waals surface area contributed by atoms with Crippen LogP contribution in [0.4, 0.5) is 8.78 Å². The Balaban J connectivity index is 3.07. The van der Waals surface area contributed by atoms with Crippen LogP contribution in [0, 0.1) is 0 Å². The number of alkyl halides is 2. The fourth-order valence-electron chi connectivity index (χ4n) is 0.466. The lowest BCUT2D eigenvalue weighted by molar-refractivity contribution is 0.0114. The van der Waals surface area contributed by atoms with Gasteiger partial charge in [-0.15, -0.1) is 0 Å². The minimum absolute atomic E-state index is 0.104. The summed E-state index contributed by atoms with van der Waals surface area (Å²) in [6.07, 6.45) is 0.305. The standard InChI is InChI=1S/C5H10ClF2N/c1-5(7,8)3-2-4-9-6/h9H,2-4H2,1H3. The van der Waals surface area contributed by atoms with Gasteiger partial charge in [-0.3, -0.25) is 0 Å². The van der Waals surface area contributed by atoms with Gasteiger partial charge in [-0.2, -0.15) is 0 Å². The molecule has 0 unspecified atom stereocenters. The lowest BCUT2D eigenvalue weighted by Gasteiger charge is -2.07. The molecule has 4 heteroatoms. The SMILES string of the molecule is CC(F)(F)CCCNCl. The molecule has 0 aromatic rings. The quantitative estimate of drug-likeness (QED) is 0.487. The van der Waals surface area contributed by atoms with E-state index in [4.69, 9.17) is 11.8 Å². The first-order valence-corrected chi connectivity index (χ1v) is 3.15. The van der Waals surface area contributed by atoms with Crippen LogP contribution in [0.5, 0.6) is 0 Å². The van der Waals surface area contributed by atoms with E-state index in [1.54, 1.807) is 0 Å². The van der Waals surface area contributed by atoms with Gasteiger partial charge in [0.25, 0.3) is 0 Å².